The molecule has 2 saturated carbocycles. The number of piperidine rings is 1. The Labute approximate surface area is 424 Å². The number of aliphatic hydroxyl groups excluding tert-OH is 1. The number of β-amino-alcohol motifs (C(OH)–C–C–N with tert-alkyl or cyclic N) is 1. The van der Waals surface area contributed by atoms with Crippen molar-refractivity contribution in [2.45, 2.75) is 147 Å². The molecule has 4 fully saturated rings. The van der Waals surface area contributed by atoms with E-state index in [-0.39, 0.29) is 53.6 Å². The number of nitrogens with zero attached hydrogens (tertiary/aromatic N) is 5. The molecule has 3 aliphatic heterocycles. The maximum Gasteiger partial charge on any atom is 0.281 e. The fourth-order valence-electron chi connectivity index (χ4n) is 12.6. The molecule has 0 unspecified atom stereocenters. The van der Waals surface area contributed by atoms with E-state index in [0.717, 1.165) is 121 Å². The molecule has 5 heterocycles. The Kier molecular flexibility index (Phi) is 13.7. The molecule has 1 spiro atoms. The van der Waals surface area contributed by atoms with Crippen molar-refractivity contribution in [3.05, 3.63) is 109 Å². The van der Waals surface area contributed by atoms with Crippen LogP contribution in [0, 0.1) is 24.2 Å². The molecule has 3 amide bonds. The van der Waals surface area contributed by atoms with E-state index in [4.69, 9.17) is 4.98 Å². The van der Waals surface area contributed by atoms with Crippen LogP contribution in [-0.2, 0) is 19.8 Å². The average molecular weight is 1030 g/mol. The van der Waals surface area contributed by atoms with Gasteiger partial charge in [0.05, 0.1) is 50.2 Å². The lowest BCUT2D eigenvalue weighted by Gasteiger charge is -2.38. The number of carbonyl (C=O) groups excluding carboxylic acids is 3. The number of thiazole rings is 1. The monoisotopic (exact) mass is 1030 g/mol. The first-order valence-electron chi connectivity index (χ1n) is 25.8. The van der Waals surface area contributed by atoms with Gasteiger partial charge in [0.25, 0.3) is 5.56 Å². The number of hydrogen-bond donors (Lipinski definition) is 3. The summed E-state index contributed by atoms with van der Waals surface area (Å²) in [5, 5.41) is 17.7. The summed E-state index contributed by atoms with van der Waals surface area (Å²) >= 11 is 5.25. The van der Waals surface area contributed by atoms with Crippen molar-refractivity contribution < 1.29 is 19.5 Å². The minimum Gasteiger partial charge on any atom is -0.391 e. The van der Waals surface area contributed by atoms with Crippen LogP contribution in [0.15, 0.2) is 75.4 Å². The zero-order valence-electron chi connectivity index (χ0n) is 41.3. The van der Waals surface area contributed by atoms with E-state index in [9.17, 15) is 24.3 Å². The maximum absolute atomic E-state index is 14.4. The van der Waals surface area contributed by atoms with Crippen LogP contribution < -0.4 is 16.2 Å². The molecule has 5 aliphatic rings. The first-order valence-corrected chi connectivity index (χ1v) is 27.5. The van der Waals surface area contributed by atoms with Gasteiger partial charge in [-0.2, -0.15) is 4.98 Å². The van der Waals surface area contributed by atoms with E-state index < -0.39 is 23.6 Å². The number of aliphatic hydroxyl groups is 1. The van der Waals surface area contributed by atoms with Crippen LogP contribution in [0.4, 0.5) is 0 Å². The van der Waals surface area contributed by atoms with Crippen molar-refractivity contribution in [1.82, 2.24) is 35.0 Å². The average Bonchev–Trinajstić information content (AvgIpc) is 4.04. The Morgan fingerprint density at radius 1 is 0.929 bits per heavy atom. The molecule has 2 aliphatic carbocycles. The molecule has 5 aromatic rings. The molecular formula is C56H68BrN7O5S. The highest BCUT2D eigenvalue weighted by Crippen LogP contribution is 2.52. The SMILES string of the molecule is Cc1ncsc1-c1ccc([C@H](C)NC(=O)[C@@H]2C[C@@H](O)CN2C(=O)[C@@H](NC(=O)C2CCC(CN3CCC(c4ccc5c(c4)-n4c(nc(=O)c6c(Br)cccc64)C54CCCCC4)CC3)CC2)C(C)(C)C)cc1. The third-order valence-corrected chi connectivity index (χ3v) is 18.3. The highest BCUT2D eigenvalue weighted by Gasteiger charge is 2.48. The second-order valence-electron chi connectivity index (χ2n) is 22.2. The summed E-state index contributed by atoms with van der Waals surface area (Å²) in [4.78, 5) is 70.2. The Morgan fingerprint density at radius 2 is 1.66 bits per heavy atom. The lowest BCUT2D eigenvalue weighted by Crippen LogP contribution is -2.58. The van der Waals surface area contributed by atoms with Crippen molar-refractivity contribution in [2.75, 3.05) is 26.2 Å². The molecule has 70 heavy (non-hydrogen) atoms. The Balaban J connectivity index is 0.732. The molecule has 12 nitrogen and oxygen atoms in total. The Bertz CT molecular complexity index is 2830. The van der Waals surface area contributed by atoms with Crippen molar-refractivity contribution in [2.24, 2.45) is 17.3 Å². The smallest absolute Gasteiger partial charge is 0.281 e. The van der Waals surface area contributed by atoms with Gasteiger partial charge in [0.15, 0.2) is 0 Å². The number of aryl methyl sites for hydroxylation is 1. The molecule has 3 N–H and O–H groups in total. The number of hydrogen-bond acceptors (Lipinski definition) is 9. The van der Waals surface area contributed by atoms with Crippen molar-refractivity contribution in [3.63, 3.8) is 0 Å². The fourth-order valence-corrected chi connectivity index (χ4v) is 14.0. The van der Waals surface area contributed by atoms with Gasteiger partial charge in [-0.1, -0.05) is 82.5 Å². The number of likely N-dealkylation sites (tertiary alicyclic amines) is 2. The van der Waals surface area contributed by atoms with Gasteiger partial charge in [-0.25, -0.2) is 4.98 Å². The van der Waals surface area contributed by atoms with Crippen LogP contribution in [0.3, 0.4) is 0 Å². The predicted molar refractivity (Wildman–Crippen MR) is 279 cm³/mol. The molecule has 370 valence electrons. The second-order valence-corrected chi connectivity index (χ2v) is 24.0. The van der Waals surface area contributed by atoms with E-state index in [1.807, 2.05) is 76.5 Å². The van der Waals surface area contributed by atoms with Gasteiger partial charge in [0.2, 0.25) is 17.7 Å². The minimum absolute atomic E-state index is 0.0399. The zero-order chi connectivity index (χ0) is 49.1. The van der Waals surface area contributed by atoms with E-state index >= 15 is 0 Å². The summed E-state index contributed by atoms with van der Waals surface area (Å²) in [5.41, 5.74) is 8.65. The van der Waals surface area contributed by atoms with Gasteiger partial charge in [-0.3, -0.25) is 23.7 Å². The van der Waals surface area contributed by atoms with Crippen LogP contribution in [0.5, 0.6) is 0 Å². The van der Waals surface area contributed by atoms with E-state index in [2.05, 4.69) is 65.3 Å². The summed E-state index contributed by atoms with van der Waals surface area (Å²) in [6.45, 7) is 12.9. The van der Waals surface area contributed by atoms with Crippen LogP contribution in [0.2, 0.25) is 0 Å². The van der Waals surface area contributed by atoms with E-state index in [0.29, 0.717) is 17.2 Å². The number of amides is 3. The summed E-state index contributed by atoms with van der Waals surface area (Å²) in [6.07, 6.45) is 10.5. The quantitative estimate of drug-likeness (QED) is 0.125. The standard InChI is InChI=1S/C56H68BrN7O5S/c1-33(36-16-18-38(19-17-36)48-34(2)58-32-70-48)59-51(67)46-29-41(65)31-63(46)53(69)49(55(3,4)5)60-50(66)39-14-12-35(13-15-39)30-62-26-22-37(23-27-62)40-20-21-42-45(28-40)64-44-11-9-10-43(57)47(44)52(68)61-54(64)56(42)24-7-6-8-25-56/h9-11,16-21,28,32-33,35,37,39,41,46,49,65H,6-8,12-15,22-27,29-31H2,1-5H3,(H,59,67)(H,60,66)/t33-,35?,39?,41+,46-,49+/m0/s1. The van der Waals surface area contributed by atoms with Crippen molar-refractivity contribution >= 4 is 55.9 Å². The lowest BCUT2D eigenvalue weighted by atomic mass is 9.69. The van der Waals surface area contributed by atoms with Gasteiger partial charge >= 0.3 is 0 Å². The van der Waals surface area contributed by atoms with Crippen LogP contribution in [0.1, 0.15) is 145 Å². The molecule has 0 bridgehead atoms. The number of halogens is 1. The van der Waals surface area contributed by atoms with Gasteiger partial charge in [-0.15, -0.1) is 11.3 Å². The minimum atomic E-state index is -0.851. The number of carbonyl (C=O) groups is 3. The number of benzene rings is 3. The van der Waals surface area contributed by atoms with E-state index in [1.165, 1.54) is 28.1 Å². The summed E-state index contributed by atoms with van der Waals surface area (Å²) in [6, 6.07) is 19.2. The summed E-state index contributed by atoms with van der Waals surface area (Å²) < 4.78 is 3.09. The Morgan fingerprint density at radius 3 is 2.34 bits per heavy atom. The third kappa shape index (κ3) is 9.31. The molecule has 10 rings (SSSR count). The van der Waals surface area contributed by atoms with Crippen molar-refractivity contribution in [3.8, 4) is 16.1 Å². The maximum atomic E-state index is 14.4. The fraction of sp³-hybridized carbons (Fsp3) is 0.536. The Hall–Kier alpha value is -4.76. The number of nitrogens with one attached hydrogen (secondary N) is 2. The predicted octanol–water partition coefficient (Wildman–Crippen LogP) is 9.50. The largest absolute Gasteiger partial charge is 0.391 e. The molecule has 2 aromatic heterocycles. The van der Waals surface area contributed by atoms with E-state index in [1.54, 1.807) is 11.3 Å². The van der Waals surface area contributed by atoms with Gasteiger partial charge in [-0.05, 0) is 152 Å². The molecule has 14 heteroatoms. The molecular weight excluding hydrogens is 963 g/mol. The molecule has 4 atom stereocenters. The first kappa shape index (κ1) is 48.8. The van der Waals surface area contributed by atoms with Gasteiger partial charge in [0.1, 0.15) is 17.9 Å². The zero-order valence-corrected chi connectivity index (χ0v) is 43.7. The molecule has 0 radical (unpaired) electrons. The molecule has 3 aromatic carbocycles. The molecule has 2 saturated heterocycles. The highest BCUT2D eigenvalue weighted by molar-refractivity contribution is 9.10. The first-order chi connectivity index (χ1) is 33.6. The van der Waals surface area contributed by atoms with Crippen LogP contribution in [0.25, 0.3) is 27.0 Å². The van der Waals surface area contributed by atoms with Gasteiger partial charge < -0.3 is 25.5 Å². The normalized spacial score (nSPS) is 23.5. The summed E-state index contributed by atoms with van der Waals surface area (Å²) in [5.74, 6) is 0.954. The number of fused-ring (bicyclic) bond motifs is 7. The lowest BCUT2D eigenvalue weighted by molar-refractivity contribution is -0.145. The number of rotatable bonds is 10. The summed E-state index contributed by atoms with van der Waals surface area (Å²) in [7, 11) is 0. The topological polar surface area (TPSA) is 150 Å². The van der Waals surface area contributed by atoms with Crippen LogP contribution >= 0.6 is 27.3 Å². The number of aromatic nitrogens is 3. The van der Waals surface area contributed by atoms with Gasteiger partial charge in [0, 0.05) is 29.9 Å². The second kappa shape index (κ2) is 19.7. The third-order valence-electron chi connectivity index (χ3n) is 16.6. The van der Waals surface area contributed by atoms with Crippen molar-refractivity contribution in [1.29, 1.82) is 0 Å². The van der Waals surface area contributed by atoms with Crippen LogP contribution in [-0.4, -0.2) is 91.5 Å². The highest BCUT2D eigenvalue weighted by atomic mass is 79.9.